The maximum Gasteiger partial charge on any atom is 0.325 e. The summed E-state index contributed by atoms with van der Waals surface area (Å²) in [6.07, 6.45) is 2.22. The average Bonchev–Trinajstić information content (AvgIpc) is 2.72. The topological polar surface area (TPSA) is 78.5 Å². The number of carbonyl (C=O) groups excluding carboxylic acids is 3. The Balaban J connectivity index is 1.73. The van der Waals surface area contributed by atoms with E-state index in [0.29, 0.717) is 24.4 Å². The van der Waals surface area contributed by atoms with Crippen molar-refractivity contribution in [3.8, 4) is 0 Å². The lowest BCUT2D eigenvalue weighted by Crippen LogP contribution is -2.54. The van der Waals surface area contributed by atoms with Gasteiger partial charge < -0.3 is 10.6 Å². The second kappa shape index (κ2) is 6.93. The second-order valence-electron chi connectivity index (χ2n) is 8.79. The molecule has 6 nitrogen and oxygen atoms in total. The normalized spacial score (nSPS) is 27.0. The molecule has 1 saturated carbocycles. The Morgan fingerprint density at radius 2 is 2.04 bits per heavy atom. The monoisotopic (exact) mass is 435 g/mol. The summed E-state index contributed by atoms with van der Waals surface area (Å²) in [5, 5.41) is 5.65. The van der Waals surface area contributed by atoms with Gasteiger partial charge in [-0.05, 0) is 71.1 Å². The summed E-state index contributed by atoms with van der Waals surface area (Å²) in [5.41, 5.74) is 0.749. The zero-order valence-electron chi connectivity index (χ0n) is 16.2. The predicted molar refractivity (Wildman–Crippen MR) is 107 cm³/mol. The fourth-order valence-electron chi connectivity index (χ4n) is 4.70. The minimum atomic E-state index is -0.886. The average molecular weight is 436 g/mol. The molecule has 2 atom stereocenters. The van der Waals surface area contributed by atoms with E-state index in [1.807, 2.05) is 19.1 Å². The quantitative estimate of drug-likeness (QED) is 0.707. The van der Waals surface area contributed by atoms with Crippen LogP contribution in [0.3, 0.4) is 0 Å². The van der Waals surface area contributed by atoms with Crippen LogP contribution in [-0.2, 0) is 9.59 Å². The molecule has 1 saturated heterocycles. The Morgan fingerprint density at radius 3 is 2.67 bits per heavy atom. The standard InChI is InChI=1S/C20H26BrN3O3/c1-12-5-6-15(14(21)7-12)22-16(25)10-24-17(26)20(23-18(24)27)9-13(2)8-19(3,4)11-20/h5-7,13H,8-11H2,1-4H3,(H,22,25)(H,23,27). The van der Waals surface area contributed by atoms with E-state index >= 15 is 0 Å². The number of benzene rings is 1. The fourth-order valence-corrected chi connectivity index (χ4v) is 5.30. The van der Waals surface area contributed by atoms with Gasteiger partial charge >= 0.3 is 6.03 Å². The second-order valence-corrected chi connectivity index (χ2v) is 9.64. The predicted octanol–water partition coefficient (Wildman–Crippen LogP) is 3.83. The lowest BCUT2D eigenvalue weighted by atomic mass is 9.64. The summed E-state index contributed by atoms with van der Waals surface area (Å²) in [6.45, 7) is 8.01. The van der Waals surface area contributed by atoms with E-state index in [2.05, 4.69) is 47.3 Å². The van der Waals surface area contributed by atoms with Gasteiger partial charge in [-0.15, -0.1) is 0 Å². The smallest absolute Gasteiger partial charge is 0.323 e. The number of rotatable bonds is 3. The van der Waals surface area contributed by atoms with E-state index in [4.69, 9.17) is 0 Å². The molecule has 2 N–H and O–H groups in total. The van der Waals surface area contributed by atoms with Crippen LogP contribution in [0.25, 0.3) is 0 Å². The molecule has 2 aliphatic rings. The molecule has 27 heavy (non-hydrogen) atoms. The lowest BCUT2D eigenvalue weighted by Gasteiger charge is -2.43. The molecule has 7 heteroatoms. The molecule has 0 aromatic heterocycles. The van der Waals surface area contributed by atoms with E-state index in [1.165, 1.54) is 0 Å². The number of urea groups is 1. The number of imide groups is 1. The van der Waals surface area contributed by atoms with Crippen molar-refractivity contribution >= 4 is 39.5 Å². The van der Waals surface area contributed by atoms with Crippen LogP contribution < -0.4 is 10.6 Å². The first-order chi connectivity index (χ1) is 12.5. The third kappa shape index (κ3) is 4.03. The minimum absolute atomic E-state index is 0.0361. The highest BCUT2D eigenvalue weighted by Gasteiger charge is 2.56. The summed E-state index contributed by atoms with van der Waals surface area (Å²) >= 11 is 3.41. The van der Waals surface area contributed by atoms with Gasteiger partial charge in [-0.1, -0.05) is 26.8 Å². The van der Waals surface area contributed by atoms with Crippen molar-refractivity contribution in [3.63, 3.8) is 0 Å². The summed E-state index contributed by atoms with van der Waals surface area (Å²) in [6, 6.07) is 5.08. The molecule has 2 fully saturated rings. The summed E-state index contributed by atoms with van der Waals surface area (Å²) in [7, 11) is 0. The van der Waals surface area contributed by atoms with Gasteiger partial charge in [0.15, 0.2) is 0 Å². The molecule has 1 aliphatic carbocycles. The van der Waals surface area contributed by atoms with Crippen LogP contribution in [0.1, 0.15) is 45.6 Å². The summed E-state index contributed by atoms with van der Waals surface area (Å²) < 4.78 is 0.757. The van der Waals surface area contributed by atoms with Crippen LogP contribution in [0.2, 0.25) is 0 Å². The number of hydrogen-bond acceptors (Lipinski definition) is 3. The summed E-state index contributed by atoms with van der Waals surface area (Å²) in [5.74, 6) is -0.358. The largest absolute Gasteiger partial charge is 0.325 e. The van der Waals surface area contributed by atoms with Gasteiger partial charge in [-0.25, -0.2) is 4.79 Å². The third-order valence-electron chi connectivity index (χ3n) is 5.32. The third-order valence-corrected chi connectivity index (χ3v) is 5.98. The highest BCUT2D eigenvalue weighted by molar-refractivity contribution is 9.10. The van der Waals surface area contributed by atoms with Crippen LogP contribution in [0, 0.1) is 18.3 Å². The van der Waals surface area contributed by atoms with Gasteiger partial charge in [0.25, 0.3) is 5.91 Å². The van der Waals surface area contributed by atoms with Crippen molar-refractivity contribution in [2.75, 3.05) is 11.9 Å². The zero-order chi connectivity index (χ0) is 20.0. The van der Waals surface area contributed by atoms with Gasteiger partial charge in [0, 0.05) is 4.47 Å². The fraction of sp³-hybridized carbons (Fsp3) is 0.550. The SMILES string of the molecule is Cc1ccc(NC(=O)CN2C(=O)NC3(CC(C)CC(C)(C)C3)C2=O)c(Br)c1. The van der Waals surface area contributed by atoms with Crippen LogP contribution in [0.15, 0.2) is 22.7 Å². The van der Waals surface area contributed by atoms with Crippen LogP contribution in [0.4, 0.5) is 10.5 Å². The first kappa shape index (κ1) is 19.9. The first-order valence-corrected chi connectivity index (χ1v) is 10.0. The number of nitrogens with zero attached hydrogens (tertiary/aromatic N) is 1. The molecule has 1 aliphatic heterocycles. The lowest BCUT2D eigenvalue weighted by molar-refractivity contribution is -0.136. The Kier molecular flexibility index (Phi) is 5.10. The van der Waals surface area contributed by atoms with E-state index in [0.717, 1.165) is 21.4 Å². The zero-order valence-corrected chi connectivity index (χ0v) is 17.8. The van der Waals surface area contributed by atoms with Gasteiger partial charge in [-0.3, -0.25) is 14.5 Å². The maximum atomic E-state index is 13.1. The molecule has 2 unspecified atom stereocenters. The number of amides is 4. The molecule has 1 aromatic carbocycles. The van der Waals surface area contributed by atoms with Crippen LogP contribution in [0.5, 0.6) is 0 Å². The molecule has 0 bridgehead atoms. The van der Waals surface area contributed by atoms with Crippen molar-refractivity contribution in [2.24, 2.45) is 11.3 Å². The molecule has 3 rings (SSSR count). The van der Waals surface area contributed by atoms with Crippen molar-refractivity contribution in [3.05, 3.63) is 28.2 Å². The molecular weight excluding hydrogens is 410 g/mol. The van der Waals surface area contributed by atoms with Crippen LogP contribution in [-0.4, -0.2) is 34.8 Å². The molecule has 1 heterocycles. The Labute approximate surface area is 168 Å². The molecule has 4 amide bonds. The van der Waals surface area contributed by atoms with Crippen molar-refractivity contribution in [2.45, 2.75) is 52.5 Å². The maximum absolute atomic E-state index is 13.1. The first-order valence-electron chi connectivity index (χ1n) is 9.21. The Hall–Kier alpha value is -1.89. The minimum Gasteiger partial charge on any atom is -0.323 e. The molecule has 0 radical (unpaired) electrons. The number of anilines is 1. The van der Waals surface area contributed by atoms with E-state index in [1.54, 1.807) is 6.07 Å². The Bertz CT molecular complexity index is 808. The van der Waals surface area contributed by atoms with E-state index < -0.39 is 17.5 Å². The number of aryl methyl sites for hydroxylation is 1. The molecular formula is C20H26BrN3O3. The molecule has 1 spiro atoms. The van der Waals surface area contributed by atoms with Crippen molar-refractivity contribution in [1.82, 2.24) is 10.2 Å². The highest BCUT2D eigenvalue weighted by atomic mass is 79.9. The van der Waals surface area contributed by atoms with Gasteiger partial charge in [0.1, 0.15) is 12.1 Å². The number of halogens is 1. The molecule has 146 valence electrons. The van der Waals surface area contributed by atoms with Gasteiger partial charge in [0.2, 0.25) is 5.91 Å². The van der Waals surface area contributed by atoms with E-state index in [-0.39, 0.29) is 17.9 Å². The van der Waals surface area contributed by atoms with Crippen LogP contribution >= 0.6 is 15.9 Å². The number of nitrogens with one attached hydrogen (secondary N) is 2. The highest BCUT2D eigenvalue weighted by Crippen LogP contribution is 2.46. The Morgan fingerprint density at radius 1 is 1.33 bits per heavy atom. The van der Waals surface area contributed by atoms with Crippen molar-refractivity contribution < 1.29 is 14.4 Å². The summed E-state index contributed by atoms with van der Waals surface area (Å²) in [4.78, 5) is 39.1. The number of carbonyl (C=O) groups is 3. The molecule has 1 aromatic rings. The van der Waals surface area contributed by atoms with E-state index in [9.17, 15) is 14.4 Å². The van der Waals surface area contributed by atoms with Gasteiger partial charge in [0.05, 0.1) is 5.69 Å². The number of hydrogen-bond donors (Lipinski definition) is 2. The van der Waals surface area contributed by atoms with Gasteiger partial charge in [-0.2, -0.15) is 0 Å². The van der Waals surface area contributed by atoms with Crippen molar-refractivity contribution in [1.29, 1.82) is 0 Å².